The van der Waals surface area contributed by atoms with Crippen LogP contribution in [-0.2, 0) is 4.79 Å². The quantitative estimate of drug-likeness (QED) is 0.779. The molecule has 0 spiro atoms. The molecule has 1 aliphatic heterocycles. The predicted molar refractivity (Wildman–Crippen MR) is 89.6 cm³/mol. The molecule has 0 amide bonds. The molecule has 1 aromatic heterocycles. The summed E-state index contributed by atoms with van der Waals surface area (Å²) in [6.07, 6.45) is 1.08. The molecule has 4 rings (SSSR count). The molecule has 1 unspecified atom stereocenters. The van der Waals surface area contributed by atoms with Gasteiger partial charge in [0.1, 0.15) is 5.75 Å². The van der Waals surface area contributed by atoms with Gasteiger partial charge in [-0.05, 0) is 18.2 Å². The van der Waals surface area contributed by atoms with E-state index in [-0.39, 0.29) is 6.42 Å². The molecule has 2 heterocycles. The Kier molecular flexibility index (Phi) is 3.50. The molecule has 1 aliphatic rings. The lowest BCUT2D eigenvalue weighted by Gasteiger charge is -2.26. The number of imidazole rings is 1. The largest absolute Gasteiger partial charge is 0.481 e. The van der Waals surface area contributed by atoms with Crippen LogP contribution in [-0.4, -0.2) is 20.6 Å². The van der Waals surface area contributed by atoms with Gasteiger partial charge in [-0.1, -0.05) is 41.9 Å². The van der Waals surface area contributed by atoms with Crippen molar-refractivity contribution in [2.45, 2.75) is 12.5 Å². The first-order valence-electron chi connectivity index (χ1n) is 7.45. The van der Waals surface area contributed by atoms with Crippen LogP contribution in [0.15, 0.2) is 54.7 Å². The van der Waals surface area contributed by atoms with Gasteiger partial charge in [0.05, 0.1) is 17.8 Å². The molecular formula is C18H13ClN2O3. The summed E-state index contributed by atoms with van der Waals surface area (Å²) in [7, 11) is 0. The molecule has 0 fully saturated rings. The van der Waals surface area contributed by atoms with Crippen LogP contribution < -0.4 is 4.74 Å². The summed E-state index contributed by atoms with van der Waals surface area (Å²) in [5.74, 6) is 0.217. The number of benzene rings is 2. The molecule has 24 heavy (non-hydrogen) atoms. The van der Waals surface area contributed by atoms with Gasteiger partial charge in [0.15, 0.2) is 11.9 Å². The van der Waals surface area contributed by atoms with Crippen molar-refractivity contribution >= 4 is 17.6 Å². The minimum absolute atomic E-state index is 0.159. The molecule has 0 aliphatic carbocycles. The molecule has 2 aromatic carbocycles. The molecule has 0 saturated heterocycles. The molecule has 0 saturated carbocycles. The van der Waals surface area contributed by atoms with Crippen molar-refractivity contribution in [3.63, 3.8) is 0 Å². The van der Waals surface area contributed by atoms with Gasteiger partial charge < -0.3 is 9.84 Å². The first-order chi connectivity index (χ1) is 11.6. The molecule has 1 atom stereocenters. The van der Waals surface area contributed by atoms with Crippen molar-refractivity contribution in [2.75, 3.05) is 0 Å². The van der Waals surface area contributed by atoms with E-state index < -0.39 is 12.1 Å². The van der Waals surface area contributed by atoms with Crippen molar-refractivity contribution in [1.29, 1.82) is 0 Å². The van der Waals surface area contributed by atoms with Gasteiger partial charge in [0.25, 0.3) is 0 Å². The van der Waals surface area contributed by atoms with Gasteiger partial charge in [-0.25, -0.2) is 4.98 Å². The number of ether oxygens (including phenoxy) is 1. The fourth-order valence-electron chi connectivity index (χ4n) is 2.84. The summed E-state index contributed by atoms with van der Waals surface area (Å²) in [4.78, 5) is 15.8. The molecule has 120 valence electrons. The normalized spacial score (nSPS) is 15.3. The monoisotopic (exact) mass is 340 g/mol. The number of aromatic nitrogens is 2. The van der Waals surface area contributed by atoms with Crippen LogP contribution in [0.3, 0.4) is 0 Å². The number of aliphatic carboxylic acids is 1. The zero-order valence-corrected chi connectivity index (χ0v) is 13.3. The number of fused-ring (bicyclic) bond motifs is 3. The zero-order chi connectivity index (χ0) is 16.7. The number of hydrogen-bond acceptors (Lipinski definition) is 3. The summed E-state index contributed by atoms with van der Waals surface area (Å²) in [5, 5.41) is 9.75. The lowest BCUT2D eigenvalue weighted by atomic mass is 10.2. The number of carboxylic acid groups (broad SMARTS) is 1. The van der Waals surface area contributed by atoms with Crippen LogP contribution in [0.5, 0.6) is 5.75 Å². The minimum Gasteiger partial charge on any atom is -0.481 e. The Morgan fingerprint density at radius 3 is 2.79 bits per heavy atom. The summed E-state index contributed by atoms with van der Waals surface area (Å²) in [5.41, 5.74) is 2.48. The Hall–Kier alpha value is -2.79. The highest BCUT2D eigenvalue weighted by Crippen LogP contribution is 2.39. The summed E-state index contributed by atoms with van der Waals surface area (Å²) in [6.45, 7) is 0. The topological polar surface area (TPSA) is 64.3 Å². The van der Waals surface area contributed by atoms with Crippen LogP contribution in [0.2, 0.25) is 5.02 Å². The van der Waals surface area contributed by atoms with Crippen LogP contribution in [0, 0.1) is 0 Å². The van der Waals surface area contributed by atoms with E-state index in [0.29, 0.717) is 16.6 Å². The van der Waals surface area contributed by atoms with Gasteiger partial charge in [0, 0.05) is 16.8 Å². The number of nitrogens with zero attached hydrogens (tertiary/aromatic N) is 2. The third-order valence-corrected chi connectivity index (χ3v) is 4.14. The van der Waals surface area contributed by atoms with Crippen molar-refractivity contribution in [3.8, 4) is 22.7 Å². The Morgan fingerprint density at radius 1 is 1.25 bits per heavy atom. The molecule has 3 aromatic rings. The molecular weight excluding hydrogens is 328 g/mol. The molecule has 1 N–H and O–H groups in total. The van der Waals surface area contributed by atoms with Gasteiger partial charge in [0.2, 0.25) is 0 Å². The minimum atomic E-state index is -0.937. The van der Waals surface area contributed by atoms with Gasteiger partial charge >= 0.3 is 5.97 Å². The lowest BCUT2D eigenvalue weighted by Crippen LogP contribution is -2.22. The number of halogens is 1. The highest BCUT2D eigenvalue weighted by atomic mass is 35.5. The van der Waals surface area contributed by atoms with Gasteiger partial charge in [-0.3, -0.25) is 9.36 Å². The standard InChI is InChI=1S/C18H13ClN2O3/c19-12-6-7-15-14(8-12)21-10-13(11-4-2-1-3-5-11)20-18(21)16(24-15)9-17(22)23/h1-8,10,16H,9H2,(H,22,23). The maximum atomic E-state index is 11.2. The van der Waals surface area contributed by atoms with Crippen molar-refractivity contribution in [2.24, 2.45) is 0 Å². The van der Waals surface area contributed by atoms with Crippen molar-refractivity contribution < 1.29 is 14.6 Å². The van der Waals surface area contributed by atoms with Crippen LogP contribution in [0.25, 0.3) is 16.9 Å². The third-order valence-electron chi connectivity index (χ3n) is 3.90. The van der Waals surface area contributed by atoms with E-state index in [2.05, 4.69) is 4.98 Å². The Balaban J connectivity index is 1.88. The molecule has 0 radical (unpaired) electrons. The smallest absolute Gasteiger partial charge is 0.307 e. The Bertz CT molecular complexity index is 921. The highest BCUT2D eigenvalue weighted by molar-refractivity contribution is 6.30. The fourth-order valence-corrected chi connectivity index (χ4v) is 3.00. The number of carbonyl (C=O) groups is 1. The second kappa shape index (κ2) is 5.69. The molecule has 0 bridgehead atoms. The fraction of sp³-hybridized carbons (Fsp3) is 0.111. The lowest BCUT2D eigenvalue weighted by molar-refractivity contribution is -0.139. The highest BCUT2D eigenvalue weighted by Gasteiger charge is 2.30. The van der Waals surface area contributed by atoms with E-state index in [0.717, 1.165) is 16.9 Å². The van der Waals surface area contributed by atoms with E-state index in [1.54, 1.807) is 18.2 Å². The van der Waals surface area contributed by atoms with Gasteiger partial charge in [-0.15, -0.1) is 0 Å². The number of rotatable bonds is 3. The summed E-state index contributed by atoms with van der Waals surface area (Å²) >= 11 is 6.10. The zero-order valence-electron chi connectivity index (χ0n) is 12.5. The summed E-state index contributed by atoms with van der Waals surface area (Å²) in [6, 6.07) is 15.0. The first-order valence-corrected chi connectivity index (χ1v) is 7.82. The number of hydrogen-bond donors (Lipinski definition) is 1. The first kappa shape index (κ1) is 14.8. The third kappa shape index (κ3) is 2.53. The molecule has 5 nitrogen and oxygen atoms in total. The SMILES string of the molecule is O=C(O)CC1Oc2ccc(Cl)cc2-n2cc(-c3ccccc3)nc21. The predicted octanol–water partition coefficient (Wildman–Crippen LogP) is 4.10. The van der Waals surface area contributed by atoms with E-state index in [1.165, 1.54) is 0 Å². The average molecular weight is 341 g/mol. The average Bonchev–Trinajstić information content (AvgIpc) is 3.02. The van der Waals surface area contributed by atoms with Crippen molar-refractivity contribution in [1.82, 2.24) is 9.55 Å². The second-order valence-corrected chi connectivity index (χ2v) is 5.97. The Labute approximate surface area is 143 Å². The van der Waals surface area contributed by atoms with Crippen LogP contribution in [0.4, 0.5) is 0 Å². The van der Waals surface area contributed by atoms with Crippen LogP contribution >= 0.6 is 11.6 Å². The summed E-state index contributed by atoms with van der Waals surface area (Å²) < 4.78 is 7.71. The van der Waals surface area contributed by atoms with E-state index in [4.69, 9.17) is 21.4 Å². The van der Waals surface area contributed by atoms with E-state index >= 15 is 0 Å². The van der Waals surface area contributed by atoms with E-state index in [1.807, 2.05) is 41.1 Å². The Morgan fingerprint density at radius 2 is 2.04 bits per heavy atom. The number of carboxylic acids is 1. The van der Waals surface area contributed by atoms with Crippen LogP contribution in [0.1, 0.15) is 18.3 Å². The second-order valence-electron chi connectivity index (χ2n) is 5.54. The maximum absolute atomic E-state index is 11.2. The van der Waals surface area contributed by atoms with E-state index in [9.17, 15) is 4.79 Å². The van der Waals surface area contributed by atoms with Crippen molar-refractivity contribution in [3.05, 3.63) is 65.6 Å². The maximum Gasteiger partial charge on any atom is 0.307 e. The van der Waals surface area contributed by atoms with Gasteiger partial charge in [-0.2, -0.15) is 0 Å². The molecule has 6 heteroatoms.